The van der Waals surface area contributed by atoms with Gasteiger partial charge in [-0.15, -0.1) is 0 Å². The maximum atomic E-state index is 13.4. The first-order valence-electron chi connectivity index (χ1n) is 11.1. The lowest BCUT2D eigenvalue weighted by atomic mass is 9.88. The summed E-state index contributed by atoms with van der Waals surface area (Å²) in [5, 5.41) is 17.8. The Balaban J connectivity index is 1.53. The number of piperidine rings is 1. The number of nitriles is 1. The normalized spacial score (nSPS) is 31.5. The van der Waals surface area contributed by atoms with Crippen LogP contribution < -0.4 is 16.1 Å². The summed E-state index contributed by atoms with van der Waals surface area (Å²) in [6, 6.07) is 6.47. The summed E-state index contributed by atoms with van der Waals surface area (Å²) in [5.41, 5.74) is 4.11. The Morgan fingerprint density at radius 2 is 1.97 bits per heavy atom. The van der Waals surface area contributed by atoms with Crippen LogP contribution >= 0.6 is 0 Å². The highest BCUT2D eigenvalue weighted by Crippen LogP contribution is 2.37. The monoisotopic (exact) mass is 466 g/mol. The number of alkyl halides is 3. The quantitative estimate of drug-likeness (QED) is 0.610. The third-order valence-corrected chi connectivity index (χ3v) is 6.69. The number of hydrazine groups is 1. The topological polar surface area (TPSA) is 92.7 Å². The first-order valence-corrected chi connectivity index (χ1v) is 11.1. The molecule has 11 heteroatoms. The van der Waals surface area contributed by atoms with Crippen LogP contribution in [0.4, 0.5) is 18.9 Å². The van der Waals surface area contributed by atoms with E-state index in [0.717, 1.165) is 11.3 Å². The number of hydrogen-bond donors (Lipinski definition) is 3. The number of rotatable bonds is 5. The molecule has 0 bridgehead atoms. The van der Waals surface area contributed by atoms with Gasteiger partial charge in [0.2, 0.25) is 5.91 Å². The molecule has 4 rings (SSSR count). The smallest absolute Gasteiger partial charge is 0.380 e. The lowest BCUT2D eigenvalue weighted by Gasteiger charge is -2.39. The molecule has 3 aliphatic heterocycles. The van der Waals surface area contributed by atoms with E-state index in [1.165, 1.54) is 26.2 Å². The van der Waals surface area contributed by atoms with Gasteiger partial charge in [0.1, 0.15) is 12.2 Å². The van der Waals surface area contributed by atoms with Crippen LogP contribution in [-0.4, -0.2) is 74.1 Å². The van der Waals surface area contributed by atoms with Crippen molar-refractivity contribution < 1.29 is 22.7 Å². The third-order valence-electron chi connectivity index (χ3n) is 6.69. The van der Waals surface area contributed by atoms with E-state index in [-0.39, 0.29) is 29.5 Å². The van der Waals surface area contributed by atoms with Gasteiger partial charge in [-0.25, -0.2) is 10.4 Å². The van der Waals surface area contributed by atoms with Crippen LogP contribution in [0.3, 0.4) is 0 Å². The van der Waals surface area contributed by atoms with Crippen LogP contribution in [-0.2, 0) is 9.53 Å². The molecule has 33 heavy (non-hydrogen) atoms. The summed E-state index contributed by atoms with van der Waals surface area (Å²) in [4.78, 5) is 13.9. The van der Waals surface area contributed by atoms with Crippen molar-refractivity contribution in [2.75, 3.05) is 39.2 Å². The molecule has 0 saturated carbocycles. The highest BCUT2D eigenvalue weighted by Gasteiger charge is 2.51. The van der Waals surface area contributed by atoms with Gasteiger partial charge in [-0.1, -0.05) is 12.1 Å². The molecule has 6 atom stereocenters. The number of benzene rings is 1. The van der Waals surface area contributed by atoms with Crippen LogP contribution in [0, 0.1) is 23.2 Å². The molecule has 0 radical (unpaired) electrons. The molecule has 1 aromatic rings. The zero-order valence-corrected chi connectivity index (χ0v) is 18.6. The predicted octanol–water partition coefficient (Wildman–Crippen LogP) is 1.84. The number of halogens is 3. The average Bonchev–Trinajstić information content (AvgIpc) is 3.13. The van der Waals surface area contributed by atoms with E-state index in [9.17, 15) is 23.2 Å². The van der Waals surface area contributed by atoms with E-state index in [1.54, 1.807) is 12.1 Å². The highest BCUT2D eigenvalue weighted by atomic mass is 19.4. The molecular weight excluding hydrogens is 437 g/mol. The molecule has 3 saturated heterocycles. The van der Waals surface area contributed by atoms with E-state index in [4.69, 9.17) is 4.74 Å². The fraction of sp³-hybridized carbons (Fsp3) is 0.636. The zero-order chi connectivity index (χ0) is 23.8. The Hall–Kier alpha value is -2.39. The molecule has 3 fully saturated rings. The summed E-state index contributed by atoms with van der Waals surface area (Å²) in [6.45, 7) is 1.49. The summed E-state index contributed by atoms with van der Waals surface area (Å²) < 4.78 is 45.9. The third kappa shape index (κ3) is 4.80. The highest BCUT2D eigenvalue weighted by molar-refractivity contribution is 5.82. The van der Waals surface area contributed by atoms with E-state index in [1.807, 2.05) is 5.01 Å². The minimum absolute atomic E-state index is 0.0923. The Morgan fingerprint density at radius 1 is 1.24 bits per heavy atom. The van der Waals surface area contributed by atoms with Gasteiger partial charge in [0.25, 0.3) is 0 Å². The van der Waals surface area contributed by atoms with Crippen molar-refractivity contribution in [1.82, 2.24) is 20.7 Å². The van der Waals surface area contributed by atoms with Crippen molar-refractivity contribution in [1.29, 1.82) is 5.26 Å². The maximum absolute atomic E-state index is 13.4. The van der Waals surface area contributed by atoms with Crippen molar-refractivity contribution in [3.8, 4) is 6.07 Å². The standard InChI is InChI=1S/C22H29F3N6O2/c1-30(2)19(22(23,24)25)13-3-5-15(6-4-13)28-20-18-16(7-9-27-21(18)32)31(29-20)17-12-33-10-8-14(17)11-26/h3-6,14,16-20,28-29H,7-10,12H2,1-2H3,(H,27,32)/t14-,16?,17+,18?,19?,20?/m1/s1. The van der Waals surface area contributed by atoms with Gasteiger partial charge in [0, 0.05) is 24.9 Å². The number of ether oxygens (including phenoxy) is 1. The summed E-state index contributed by atoms with van der Waals surface area (Å²) in [7, 11) is 2.79. The van der Waals surface area contributed by atoms with Gasteiger partial charge < -0.3 is 15.4 Å². The second-order valence-electron chi connectivity index (χ2n) is 9.03. The summed E-state index contributed by atoms with van der Waals surface area (Å²) in [6.07, 6.45) is -3.49. The van der Waals surface area contributed by atoms with Crippen LogP contribution in [0.15, 0.2) is 24.3 Å². The molecule has 180 valence electrons. The largest absolute Gasteiger partial charge is 0.408 e. The maximum Gasteiger partial charge on any atom is 0.408 e. The van der Waals surface area contributed by atoms with Crippen molar-refractivity contribution in [2.45, 2.75) is 43.3 Å². The van der Waals surface area contributed by atoms with Crippen molar-refractivity contribution in [3.05, 3.63) is 29.8 Å². The number of nitrogens with zero attached hydrogens (tertiary/aromatic N) is 3. The van der Waals surface area contributed by atoms with Crippen molar-refractivity contribution >= 4 is 11.6 Å². The van der Waals surface area contributed by atoms with Gasteiger partial charge in [-0.2, -0.15) is 18.4 Å². The Bertz CT molecular complexity index is 888. The number of fused-ring (bicyclic) bond motifs is 1. The Kier molecular flexibility index (Phi) is 6.81. The molecular formula is C22H29F3N6O2. The molecule has 8 nitrogen and oxygen atoms in total. The minimum atomic E-state index is -4.39. The van der Waals surface area contributed by atoms with Crippen molar-refractivity contribution in [2.24, 2.45) is 11.8 Å². The average molecular weight is 467 g/mol. The fourth-order valence-electron chi connectivity index (χ4n) is 5.17. The number of amides is 1. The van der Waals surface area contributed by atoms with Gasteiger partial charge in [0.15, 0.2) is 0 Å². The van der Waals surface area contributed by atoms with Gasteiger partial charge in [-0.05, 0) is 44.6 Å². The number of anilines is 1. The number of hydrogen-bond acceptors (Lipinski definition) is 7. The van der Waals surface area contributed by atoms with Gasteiger partial charge in [0.05, 0.1) is 30.6 Å². The lowest BCUT2D eigenvalue weighted by molar-refractivity contribution is -0.179. The molecule has 0 aliphatic carbocycles. The predicted molar refractivity (Wildman–Crippen MR) is 115 cm³/mol. The lowest BCUT2D eigenvalue weighted by Crippen LogP contribution is -2.56. The number of carbonyl (C=O) groups excluding carboxylic acids is 1. The second-order valence-corrected chi connectivity index (χ2v) is 9.03. The molecule has 0 spiro atoms. The van der Waals surface area contributed by atoms with Crippen molar-refractivity contribution in [3.63, 3.8) is 0 Å². The SMILES string of the molecule is CN(C)C(c1ccc(NC2NN([C@H]3COCC[C@@H]3C#N)C3CCNC(=O)C23)cc1)C(F)(F)F. The molecule has 3 heterocycles. The van der Waals surface area contributed by atoms with Crippen LogP contribution in [0.1, 0.15) is 24.4 Å². The summed E-state index contributed by atoms with van der Waals surface area (Å²) in [5.74, 6) is -0.713. The molecule has 0 aromatic heterocycles. The van der Waals surface area contributed by atoms with E-state index >= 15 is 0 Å². The van der Waals surface area contributed by atoms with Crippen LogP contribution in [0.25, 0.3) is 0 Å². The van der Waals surface area contributed by atoms with Gasteiger partial charge in [-0.3, -0.25) is 9.69 Å². The first kappa shape index (κ1) is 23.8. The van der Waals surface area contributed by atoms with E-state index < -0.39 is 24.3 Å². The number of nitrogens with one attached hydrogen (secondary N) is 3. The Labute approximate surface area is 191 Å². The molecule has 4 unspecified atom stereocenters. The Morgan fingerprint density at radius 3 is 2.61 bits per heavy atom. The molecule has 3 N–H and O–H groups in total. The number of carbonyl (C=O) groups is 1. The molecule has 3 aliphatic rings. The molecule has 1 aromatic carbocycles. The van der Waals surface area contributed by atoms with Crippen LogP contribution in [0.5, 0.6) is 0 Å². The minimum Gasteiger partial charge on any atom is -0.380 e. The van der Waals surface area contributed by atoms with E-state index in [2.05, 4.69) is 22.1 Å². The first-order chi connectivity index (χ1) is 15.7. The zero-order valence-electron chi connectivity index (χ0n) is 18.6. The van der Waals surface area contributed by atoms with Crippen LogP contribution in [0.2, 0.25) is 0 Å². The second kappa shape index (κ2) is 9.46. The fourth-order valence-corrected chi connectivity index (χ4v) is 5.17. The molecule has 1 amide bonds. The van der Waals surface area contributed by atoms with Gasteiger partial charge >= 0.3 is 6.18 Å². The van der Waals surface area contributed by atoms with E-state index in [0.29, 0.717) is 31.9 Å². The summed E-state index contributed by atoms with van der Waals surface area (Å²) >= 11 is 0.